The highest BCUT2D eigenvalue weighted by Crippen LogP contribution is 2.58. The molecule has 30 heavy (non-hydrogen) atoms. The quantitative estimate of drug-likeness (QED) is 0.514. The van der Waals surface area contributed by atoms with Crippen molar-refractivity contribution < 1.29 is 14.3 Å². The van der Waals surface area contributed by atoms with Crippen LogP contribution < -0.4 is 10.2 Å². The first-order valence-electron chi connectivity index (χ1n) is 10.2. The van der Waals surface area contributed by atoms with Crippen molar-refractivity contribution >= 4 is 11.7 Å². The second kappa shape index (κ2) is 8.19. The summed E-state index contributed by atoms with van der Waals surface area (Å²) in [5.74, 6) is 0.837. The molecule has 0 amide bonds. The van der Waals surface area contributed by atoms with Gasteiger partial charge in [0, 0.05) is 17.8 Å². The van der Waals surface area contributed by atoms with E-state index < -0.39 is 6.10 Å². The van der Waals surface area contributed by atoms with Crippen molar-refractivity contribution in [2.75, 3.05) is 6.54 Å². The van der Waals surface area contributed by atoms with Gasteiger partial charge in [-0.3, -0.25) is 4.79 Å². The van der Waals surface area contributed by atoms with E-state index in [1.165, 1.54) is 5.71 Å². The van der Waals surface area contributed by atoms with Crippen LogP contribution in [0.1, 0.15) is 38.4 Å². The van der Waals surface area contributed by atoms with Crippen LogP contribution in [-0.4, -0.2) is 18.2 Å². The number of ether oxygens (including phenoxy) is 2. The number of carbonyl (C=O) groups excluding carboxylic acids is 1. The Labute approximate surface area is 176 Å². The van der Waals surface area contributed by atoms with Crippen molar-refractivity contribution in [2.45, 2.75) is 32.8 Å². The molecule has 2 aromatic carbocycles. The van der Waals surface area contributed by atoms with Gasteiger partial charge in [-0.1, -0.05) is 44.2 Å². The summed E-state index contributed by atoms with van der Waals surface area (Å²) in [5.41, 5.74) is 4.67. The van der Waals surface area contributed by atoms with Gasteiger partial charge >= 0.3 is 5.97 Å². The molecule has 2 aliphatic carbocycles. The normalized spacial score (nSPS) is 21.7. The van der Waals surface area contributed by atoms with Crippen LogP contribution >= 0.6 is 0 Å². The molecule has 0 saturated heterocycles. The van der Waals surface area contributed by atoms with E-state index in [1.54, 1.807) is 24.3 Å². The molecule has 0 radical (unpaired) electrons. The Morgan fingerprint density at radius 1 is 1.20 bits per heavy atom. The minimum absolute atomic E-state index is 0.139. The van der Waals surface area contributed by atoms with Gasteiger partial charge in [0.2, 0.25) is 6.10 Å². The molecule has 1 unspecified atom stereocenters. The number of hydrogen-bond donors (Lipinski definition) is 1. The van der Waals surface area contributed by atoms with E-state index >= 15 is 0 Å². The number of nitrogens with one attached hydrogen (secondary N) is 1. The van der Waals surface area contributed by atoms with E-state index in [9.17, 15) is 10.1 Å². The van der Waals surface area contributed by atoms with Gasteiger partial charge in [-0.25, -0.2) is 0 Å². The Morgan fingerprint density at radius 3 is 2.63 bits per heavy atom. The number of carbonyl (C=O) groups is 1. The van der Waals surface area contributed by atoms with Gasteiger partial charge in [-0.15, -0.1) is 0 Å². The molecule has 4 rings (SSSR count). The molecule has 154 valence electrons. The number of hydrogen-bond acceptors (Lipinski definition) is 6. The summed E-state index contributed by atoms with van der Waals surface area (Å²) in [5, 5.41) is 13.9. The molecule has 6 heteroatoms. The number of benzene rings is 2. The molecule has 2 aromatic rings. The SMILES string of the molecule is CC1(C)[C@H](C(=O)OC(C#N)c2cccc(Oc3ccccc3)c2)[C@@H]1CNN=C1CC1. The fourth-order valence-electron chi connectivity index (χ4n) is 3.74. The number of para-hydroxylation sites is 1. The first kappa shape index (κ1) is 20.0. The van der Waals surface area contributed by atoms with E-state index in [-0.39, 0.29) is 23.2 Å². The number of nitriles is 1. The molecule has 3 atom stereocenters. The number of hydrazone groups is 1. The smallest absolute Gasteiger partial charge is 0.311 e. The Hall–Kier alpha value is -3.33. The van der Waals surface area contributed by atoms with E-state index in [2.05, 4.69) is 16.6 Å². The van der Waals surface area contributed by atoms with E-state index in [4.69, 9.17) is 9.47 Å². The molecule has 0 spiro atoms. The van der Waals surface area contributed by atoms with Crippen LogP contribution in [0.5, 0.6) is 11.5 Å². The van der Waals surface area contributed by atoms with Crippen molar-refractivity contribution in [3.63, 3.8) is 0 Å². The Bertz CT molecular complexity index is 988. The van der Waals surface area contributed by atoms with Crippen molar-refractivity contribution in [3.05, 3.63) is 60.2 Å². The van der Waals surface area contributed by atoms with Crippen molar-refractivity contribution in [1.29, 1.82) is 5.26 Å². The van der Waals surface area contributed by atoms with Gasteiger partial charge < -0.3 is 14.9 Å². The zero-order chi connectivity index (χ0) is 21.1. The lowest BCUT2D eigenvalue weighted by Crippen LogP contribution is -2.16. The Morgan fingerprint density at radius 2 is 1.93 bits per heavy atom. The molecule has 0 bridgehead atoms. The van der Waals surface area contributed by atoms with Crippen molar-refractivity contribution in [1.82, 2.24) is 5.43 Å². The van der Waals surface area contributed by atoms with Crippen molar-refractivity contribution in [3.8, 4) is 17.6 Å². The van der Waals surface area contributed by atoms with Gasteiger partial charge in [-0.2, -0.15) is 10.4 Å². The van der Waals surface area contributed by atoms with E-state index in [0.717, 1.165) is 12.8 Å². The molecule has 1 N–H and O–H groups in total. The third-order valence-corrected chi connectivity index (χ3v) is 5.82. The minimum atomic E-state index is -0.978. The van der Waals surface area contributed by atoms with Crippen molar-refractivity contribution in [2.24, 2.45) is 22.4 Å². The van der Waals surface area contributed by atoms with Crippen LogP contribution in [0.25, 0.3) is 0 Å². The molecular weight excluding hydrogens is 378 g/mol. The molecule has 2 saturated carbocycles. The summed E-state index contributed by atoms with van der Waals surface area (Å²) in [6.07, 6.45) is 1.14. The van der Waals surface area contributed by atoms with Gasteiger partial charge in [0.1, 0.15) is 17.6 Å². The van der Waals surface area contributed by atoms with Crippen LogP contribution in [0.4, 0.5) is 0 Å². The summed E-state index contributed by atoms with van der Waals surface area (Å²) >= 11 is 0. The lowest BCUT2D eigenvalue weighted by Gasteiger charge is -2.13. The average Bonchev–Trinajstić information content (AvgIpc) is 3.65. The summed E-state index contributed by atoms with van der Waals surface area (Å²) < 4.78 is 11.4. The minimum Gasteiger partial charge on any atom is -0.457 e. The zero-order valence-electron chi connectivity index (χ0n) is 17.2. The van der Waals surface area contributed by atoms with Crippen LogP contribution in [0, 0.1) is 28.6 Å². The molecule has 0 heterocycles. The summed E-state index contributed by atoms with van der Waals surface area (Å²) in [6, 6.07) is 18.6. The van der Waals surface area contributed by atoms with Gasteiger partial charge in [0.05, 0.1) is 5.92 Å². The maximum absolute atomic E-state index is 12.8. The first-order chi connectivity index (χ1) is 14.5. The molecular formula is C24H25N3O3. The lowest BCUT2D eigenvalue weighted by atomic mass is 10.1. The Balaban J connectivity index is 1.39. The van der Waals surface area contributed by atoms with Crippen LogP contribution in [0.15, 0.2) is 59.7 Å². The van der Waals surface area contributed by atoms with Gasteiger partial charge in [0.15, 0.2) is 0 Å². The Kier molecular flexibility index (Phi) is 5.45. The molecule has 6 nitrogen and oxygen atoms in total. The van der Waals surface area contributed by atoms with Gasteiger partial charge in [-0.05, 0) is 48.4 Å². The molecule has 2 fully saturated rings. The summed E-state index contributed by atoms with van der Waals surface area (Å²) in [4.78, 5) is 12.8. The van der Waals surface area contributed by atoms with Crippen LogP contribution in [-0.2, 0) is 9.53 Å². The van der Waals surface area contributed by atoms with Crippen LogP contribution in [0.3, 0.4) is 0 Å². The fourth-order valence-corrected chi connectivity index (χ4v) is 3.74. The zero-order valence-corrected chi connectivity index (χ0v) is 17.2. The highest BCUT2D eigenvalue weighted by atomic mass is 16.5. The van der Waals surface area contributed by atoms with Gasteiger partial charge in [0.25, 0.3) is 0 Å². The maximum atomic E-state index is 12.8. The standard InChI is InChI=1S/C24H25N3O3/c1-24(2)20(15-26-27-17-11-12-17)22(24)23(28)30-21(14-25)16-7-6-10-19(13-16)29-18-8-4-3-5-9-18/h3-10,13,20-22,26H,11-12,15H2,1-2H3/t20-,21?,22-/m0/s1. The highest BCUT2D eigenvalue weighted by Gasteiger charge is 2.62. The summed E-state index contributed by atoms with van der Waals surface area (Å²) in [7, 11) is 0. The molecule has 2 aliphatic rings. The second-order valence-corrected chi connectivity index (χ2v) is 8.38. The fraction of sp³-hybridized carbons (Fsp3) is 0.375. The third kappa shape index (κ3) is 4.46. The lowest BCUT2D eigenvalue weighted by molar-refractivity contribution is -0.149. The largest absolute Gasteiger partial charge is 0.457 e. The van der Waals surface area contributed by atoms with Crippen LogP contribution in [0.2, 0.25) is 0 Å². The molecule has 0 aliphatic heterocycles. The monoisotopic (exact) mass is 403 g/mol. The first-order valence-corrected chi connectivity index (χ1v) is 10.2. The predicted molar refractivity (Wildman–Crippen MR) is 113 cm³/mol. The predicted octanol–water partition coefficient (Wildman–Crippen LogP) is 4.60. The number of esters is 1. The second-order valence-electron chi connectivity index (χ2n) is 8.38. The maximum Gasteiger partial charge on any atom is 0.311 e. The number of nitrogens with zero attached hydrogens (tertiary/aromatic N) is 2. The topological polar surface area (TPSA) is 83.7 Å². The molecule has 0 aromatic heterocycles. The van der Waals surface area contributed by atoms with E-state index in [1.807, 2.05) is 44.2 Å². The summed E-state index contributed by atoms with van der Waals surface area (Å²) in [6.45, 7) is 4.73. The van der Waals surface area contributed by atoms with E-state index in [0.29, 0.717) is 23.6 Å². The number of rotatable bonds is 8. The highest BCUT2D eigenvalue weighted by molar-refractivity contribution is 5.97. The third-order valence-electron chi connectivity index (χ3n) is 5.82. The average molecular weight is 403 g/mol.